The van der Waals surface area contributed by atoms with Crippen molar-refractivity contribution in [3.63, 3.8) is 0 Å². The molecule has 2 heterocycles. The second-order valence-electron chi connectivity index (χ2n) is 8.54. The van der Waals surface area contributed by atoms with Gasteiger partial charge in [-0.3, -0.25) is 10.00 Å². The Morgan fingerprint density at radius 1 is 1.12 bits per heavy atom. The maximum Gasteiger partial charge on any atom is 0.320 e. The van der Waals surface area contributed by atoms with E-state index in [1.165, 1.54) is 6.07 Å². The number of urea groups is 1. The number of aryl methyl sites for hydroxylation is 2. The van der Waals surface area contributed by atoms with Gasteiger partial charge in [0.15, 0.2) is 11.6 Å². The van der Waals surface area contributed by atoms with Crippen molar-refractivity contribution in [2.24, 2.45) is 7.05 Å². The van der Waals surface area contributed by atoms with Crippen molar-refractivity contribution < 1.29 is 13.6 Å². The SMILES string of the molecule is CCCN1C[C@@H](NC(=O)Nc2c(-c3ccccc3)c(C)nn2C)[C@H](c2ccc(F)c(F)c2)C1. The Morgan fingerprint density at radius 2 is 1.88 bits per heavy atom. The molecule has 1 aliphatic heterocycles. The molecule has 0 spiro atoms. The Morgan fingerprint density at radius 3 is 2.58 bits per heavy atom. The van der Waals surface area contributed by atoms with E-state index in [2.05, 4.69) is 27.6 Å². The molecular weight excluding hydrogens is 424 g/mol. The second-order valence-corrected chi connectivity index (χ2v) is 8.54. The van der Waals surface area contributed by atoms with E-state index in [0.29, 0.717) is 24.5 Å². The molecule has 0 saturated carbocycles. The van der Waals surface area contributed by atoms with Crippen molar-refractivity contribution in [1.29, 1.82) is 0 Å². The van der Waals surface area contributed by atoms with Gasteiger partial charge >= 0.3 is 6.03 Å². The van der Waals surface area contributed by atoms with Gasteiger partial charge in [-0.2, -0.15) is 5.10 Å². The number of nitrogens with zero attached hydrogens (tertiary/aromatic N) is 3. The minimum atomic E-state index is -0.873. The van der Waals surface area contributed by atoms with E-state index in [1.807, 2.05) is 37.3 Å². The van der Waals surface area contributed by atoms with E-state index in [4.69, 9.17) is 0 Å². The van der Waals surface area contributed by atoms with E-state index in [9.17, 15) is 13.6 Å². The average molecular weight is 454 g/mol. The van der Waals surface area contributed by atoms with Gasteiger partial charge in [-0.25, -0.2) is 13.6 Å². The van der Waals surface area contributed by atoms with Crippen molar-refractivity contribution in [3.05, 3.63) is 71.4 Å². The molecule has 1 saturated heterocycles. The molecule has 2 amide bonds. The lowest BCUT2D eigenvalue weighted by molar-refractivity contribution is 0.247. The molecule has 0 radical (unpaired) electrons. The van der Waals surface area contributed by atoms with Gasteiger partial charge in [0.25, 0.3) is 0 Å². The molecule has 0 bridgehead atoms. The third-order valence-electron chi connectivity index (χ3n) is 6.14. The van der Waals surface area contributed by atoms with Crippen LogP contribution in [-0.4, -0.2) is 46.4 Å². The summed E-state index contributed by atoms with van der Waals surface area (Å²) in [6.45, 7) is 6.18. The molecule has 4 rings (SSSR count). The summed E-state index contributed by atoms with van der Waals surface area (Å²) < 4.78 is 29.0. The number of aromatic nitrogens is 2. The number of carbonyl (C=O) groups excluding carboxylic acids is 1. The summed E-state index contributed by atoms with van der Waals surface area (Å²) in [6, 6.07) is 13.2. The highest BCUT2D eigenvalue weighted by Crippen LogP contribution is 2.32. The predicted octanol–water partition coefficient (Wildman–Crippen LogP) is 4.67. The number of anilines is 1. The molecule has 3 aromatic rings. The molecular formula is C25H29F2N5O. The average Bonchev–Trinajstić information content (AvgIpc) is 3.30. The zero-order valence-corrected chi connectivity index (χ0v) is 19.1. The molecule has 1 aliphatic rings. The summed E-state index contributed by atoms with van der Waals surface area (Å²) >= 11 is 0. The molecule has 2 aromatic carbocycles. The van der Waals surface area contributed by atoms with E-state index < -0.39 is 11.6 Å². The number of benzene rings is 2. The van der Waals surface area contributed by atoms with Gasteiger partial charge in [-0.15, -0.1) is 0 Å². The zero-order valence-electron chi connectivity index (χ0n) is 19.1. The van der Waals surface area contributed by atoms with Crippen LogP contribution in [0.5, 0.6) is 0 Å². The van der Waals surface area contributed by atoms with Crippen LogP contribution in [0.3, 0.4) is 0 Å². The lowest BCUT2D eigenvalue weighted by Gasteiger charge is -2.21. The van der Waals surface area contributed by atoms with Crippen LogP contribution in [0.25, 0.3) is 11.1 Å². The Bertz CT molecular complexity index is 1130. The number of carbonyl (C=O) groups is 1. The molecule has 6 nitrogen and oxygen atoms in total. The van der Waals surface area contributed by atoms with Crippen LogP contribution < -0.4 is 10.6 Å². The van der Waals surface area contributed by atoms with Crippen molar-refractivity contribution in [2.75, 3.05) is 25.0 Å². The Balaban J connectivity index is 1.55. The number of halogens is 2. The normalized spacial score (nSPS) is 18.5. The number of hydrogen-bond acceptors (Lipinski definition) is 3. The maximum atomic E-state index is 13.9. The van der Waals surface area contributed by atoms with Crippen molar-refractivity contribution >= 4 is 11.8 Å². The molecule has 0 unspecified atom stereocenters. The van der Waals surface area contributed by atoms with Crippen LogP contribution in [-0.2, 0) is 7.05 Å². The minimum absolute atomic E-state index is 0.140. The summed E-state index contributed by atoms with van der Waals surface area (Å²) in [7, 11) is 1.79. The summed E-state index contributed by atoms with van der Waals surface area (Å²) in [6.07, 6.45) is 0.970. The number of rotatable bonds is 6. The molecule has 2 N–H and O–H groups in total. The first kappa shape index (κ1) is 22.9. The number of likely N-dealkylation sites (tertiary alicyclic amines) is 1. The van der Waals surface area contributed by atoms with Crippen molar-refractivity contribution in [2.45, 2.75) is 32.2 Å². The molecule has 8 heteroatoms. The lowest BCUT2D eigenvalue weighted by atomic mass is 9.94. The number of nitrogens with one attached hydrogen (secondary N) is 2. The molecule has 2 atom stereocenters. The Hall–Kier alpha value is -3.26. The van der Waals surface area contributed by atoms with Gasteiger partial charge in [0, 0.05) is 31.6 Å². The molecule has 1 fully saturated rings. The lowest BCUT2D eigenvalue weighted by Crippen LogP contribution is -2.42. The van der Waals surface area contributed by atoms with E-state index in [1.54, 1.807) is 17.8 Å². The fourth-order valence-corrected chi connectivity index (χ4v) is 4.68. The van der Waals surface area contributed by atoms with Crippen LogP contribution in [0.1, 0.15) is 30.5 Å². The molecule has 1 aromatic heterocycles. The third-order valence-corrected chi connectivity index (χ3v) is 6.14. The van der Waals surface area contributed by atoms with Gasteiger partial charge in [0.05, 0.1) is 11.7 Å². The van der Waals surface area contributed by atoms with Gasteiger partial charge < -0.3 is 10.2 Å². The zero-order chi connectivity index (χ0) is 23.5. The fourth-order valence-electron chi connectivity index (χ4n) is 4.68. The summed E-state index contributed by atoms with van der Waals surface area (Å²) in [5.74, 6) is -1.28. The quantitative estimate of drug-likeness (QED) is 0.570. The summed E-state index contributed by atoms with van der Waals surface area (Å²) in [4.78, 5) is 15.3. The van der Waals surface area contributed by atoms with Crippen LogP contribution in [0.4, 0.5) is 19.4 Å². The van der Waals surface area contributed by atoms with Crippen LogP contribution >= 0.6 is 0 Å². The summed E-state index contributed by atoms with van der Waals surface area (Å²) in [5.41, 5.74) is 3.32. The first-order chi connectivity index (χ1) is 15.9. The maximum absolute atomic E-state index is 13.9. The highest BCUT2D eigenvalue weighted by atomic mass is 19.2. The number of amides is 2. The Kier molecular flexibility index (Phi) is 6.74. The number of hydrogen-bond donors (Lipinski definition) is 2. The smallest absolute Gasteiger partial charge is 0.320 e. The van der Waals surface area contributed by atoms with E-state index in [-0.39, 0.29) is 18.0 Å². The van der Waals surface area contributed by atoms with Gasteiger partial charge in [-0.1, -0.05) is 43.3 Å². The van der Waals surface area contributed by atoms with Gasteiger partial charge in [0.2, 0.25) is 0 Å². The topological polar surface area (TPSA) is 62.2 Å². The Labute approximate surface area is 192 Å². The summed E-state index contributed by atoms with van der Waals surface area (Å²) in [5, 5.41) is 10.5. The van der Waals surface area contributed by atoms with Crippen molar-refractivity contribution in [3.8, 4) is 11.1 Å². The van der Waals surface area contributed by atoms with Gasteiger partial charge in [-0.05, 0) is 43.1 Å². The first-order valence-electron chi connectivity index (χ1n) is 11.2. The van der Waals surface area contributed by atoms with Crippen LogP contribution in [0, 0.1) is 18.6 Å². The highest BCUT2D eigenvalue weighted by molar-refractivity contribution is 5.94. The predicted molar refractivity (Wildman–Crippen MR) is 125 cm³/mol. The standard InChI is InChI=1S/C25H29F2N5O/c1-4-12-32-14-19(18-10-11-20(26)21(27)13-18)22(15-32)28-25(33)29-24-23(16(2)30-31(24)3)17-8-6-5-7-9-17/h5-11,13,19,22H,4,12,14-15H2,1-3H3,(H2,28,29,33)/t19-,22+/m0/s1. The first-order valence-corrected chi connectivity index (χ1v) is 11.2. The fraction of sp³-hybridized carbons (Fsp3) is 0.360. The third kappa shape index (κ3) is 4.90. The largest absolute Gasteiger partial charge is 0.333 e. The minimum Gasteiger partial charge on any atom is -0.333 e. The van der Waals surface area contributed by atoms with E-state index >= 15 is 0 Å². The van der Waals surface area contributed by atoms with Crippen LogP contribution in [0.15, 0.2) is 48.5 Å². The van der Waals surface area contributed by atoms with Crippen LogP contribution in [0.2, 0.25) is 0 Å². The monoisotopic (exact) mass is 453 g/mol. The highest BCUT2D eigenvalue weighted by Gasteiger charge is 2.35. The van der Waals surface area contributed by atoms with Gasteiger partial charge in [0.1, 0.15) is 5.82 Å². The van der Waals surface area contributed by atoms with E-state index in [0.717, 1.165) is 35.9 Å². The molecule has 33 heavy (non-hydrogen) atoms. The van der Waals surface area contributed by atoms with Crippen molar-refractivity contribution in [1.82, 2.24) is 20.0 Å². The second kappa shape index (κ2) is 9.70. The molecule has 174 valence electrons. The molecule has 0 aliphatic carbocycles.